The highest BCUT2D eigenvalue weighted by atomic mass is 16.6. The molecule has 0 aromatic heterocycles. The summed E-state index contributed by atoms with van der Waals surface area (Å²) in [4.78, 5) is 0. The van der Waals surface area contributed by atoms with Crippen LogP contribution in [0.4, 0.5) is 0 Å². The van der Waals surface area contributed by atoms with Crippen LogP contribution in [0.5, 0.6) is 0 Å². The van der Waals surface area contributed by atoms with Gasteiger partial charge < -0.3 is 23.7 Å². The van der Waals surface area contributed by atoms with Gasteiger partial charge in [-0.3, -0.25) is 0 Å². The van der Waals surface area contributed by atoms with Gasteiger partial charge >= 0.3 is 0 Å². The molecule has 5 nitrogen and oxygen atoms in total. The summed E-state index contributed by atoms with van der Waals surface area (Å²) in [5.41, 5.74) is 0. The molecule has 0 radical (unpaired) electrons. The standard InChI is InChI=1S/C19H40O5/c1-3-5-7-9-11-21-13-15-23-17-19-24-18-16-22-14-12-20-10-8-6-4-2/h3-19H2,1-2H3. The molecule has 0 rings (SSSR count). The van der Waals surface area contributed by atoms with Gasteiger partial charge in [-0.15, -0.1) is 0 Å². The minimum Gasteiger partial charge on any atom is -0.379 e. The molecular formula is C19H40O5. The largest absolute Gasteiger partial charge is 0.379 e. The second-order valence-corrected chi connectivity index (χ2v) is 5.83. The normalized spacial score (nSPS) is 11.2. The van der Waals surface area contributed by atoms with Gasteiger partial charge in [-0.05, 0) is 12.8 Å². The monoisotopic (exact) mass is 348 g/mol. The van der Waals surface area contributed by atoms with Crippen molar-refractivity contribution >= 4 is 0 Å². The second kappa shape index (κ2) is 22.8. The third kappa shape index (κ3) is 21.8. The molecule has 5 heteroatoms. The van der Waals surface area contributed by atoms with Gasteiger partial charge in [0, 0.05) is 13.2 Å². The Morgan fingerprint density at radius 1 is 0.333 bits per heavy atom. The highest BCUT2D eigenvalue weighted by Gasteiger charge is 1.94. The number of hydrogen-bond acceptors (Lipinski definition) is 5. The molecule has 0 spiro atoms. The van der Waals surface area contributed by atoms with Crippen molar-refractivity contribution in [1.29, 1.82) is 0 Å². The van der Waals surface area contributed by atoms with E-state index in [2.05, 4.69) is 13.8 Å². The van der Waals surface area contributed by atoms with Gasteiger partial charge in [0.05, 0.1) is 52.9 Å². The first-order valence-corrected chi connectivity index (χ1v) is 9.80. The maximum absolute atomic E-state index is 5.50. The van der Waals surface area contributed by atoms with Crippen molar-refractivity contribution in [3.05, 3.63) is 0 Å². The van der Waals surface area contributed by atoms with Gasteiger partial charge in [-0.2, -0.15) is 0 Å². The van der Waals surface area contributed by atoms with E-state index in [-0.39, 0.29) is 0 Å². The summed E-state index contributed by atoms with van der Waals surface area (Å²) >= 11 is 0. The molecule has 24 heavy (non-hydrogen) atoms. The first-order chi connectivity index (χ1) is 11.9. The van der Waals surface area contributed by atoms with Gasteiger partial charge in [0.2, 0.25) is 0 Å². The highest BCUT2D eigenvalue weighted by molar-refractivity contribution is 4.40. The predicted octanol–water partition coefficient (Wildman–Crippen LogP) is 3.84. The minimum absolute atomic E-state index is 0.604. The zero-order chi connectivity index (χ0) is 17.6. The third-order valence-corrected chi connectivity index (χ3v) is 3.52. The maximum Gasteiger partial charge on any atom is 0.0701 e. The van der Waals surface area contributed by atoms with E-state index in [1.165, 1.54) is 32.1 Å². The van der Waals surface area contributed by atoms with Crippen LogP contribution in [0.15, 0.2) is 0 Å². The molecule has 0 bridgehead atoms. The fraction of sp³-hybridized carbons (Fsp3) is 1.00. The summed E-state index contributed by atoms with van der Waals surface area (Å²) in [7, 11) is 0. The summed E-state index contributed by atoms with van der Waals surface area (Å²) in [6.45, 7) is 11.2. The lowest BCUT2D eigenvalue weighted by Crippen LogP contribution is -2.13. The molecule has 0 unspecified atom stereocenters. The fourth-order valence-electron chi connectivity index (χ4n) is 2.07. The lowest BCUT2D eigenvalue weighted by atomic mass is 10.2. The molecule has 0 saturated heterocycles. The molecule has 0 aromatic carbocycles. The van der Waals surface area contributed by atoms with Crippen LogP contribution in [0.3, 0.4) is 0 Å². The van der Waals surface area contributed by atoms with Gasteiger partial charge in [0.1, 0.15) is 0 Å². The summed E-state index contributed by atoms with van der Waals surface area (Å²) in [5, 5.41) is 0. The van der Waals surface area contributed by atoms with Crippen molar-refractivity contribution in [2.75, 3.05) is 66.1 Å². The number of hydrogen-bond donors (Lipinski definition) is 0. The molecule has 0 fully saturated rings. The second-order valence-electron chi connectivity index (χ2n) is 5.83. The van der Waals surface area contributed by atoms with Crippen LogP contribution in [-0.2, 0) is 23.7 Å². The van der Waals surface area contributed by atoms with E-state index in [0.717, 1.165) is 26.1 Å². The van der Waals surface area contributed by atoms with Crippen LogP contribution in [0, 0.1) is 0 Å². The van der Waals surface area contributed by atoms with Crippen LogP contribution in [0.1, 0.15) is 58.8 Å². The van der Waals surface area contributed by atoms with E-state index in [0.29, 0.717) is 52.9 Å². The van der Waals surface area contributed by atoms with Crippen molar-refractivity contribution in [2.45, 2.75) is 58.8 Å². The molecule has 0 heterocycles. The minimum atomic E-state index is 0.604. The van der Waals surface area contributed by atoms with Crippen molar-refractivity contribution in [1.82, 2.24) is 0 Å². The van der Waals surface area contributed by atoms with E-state index in [4.69, 9.17) is 23.7 Å². The van der Waals surface area contributed by atoms with E-state index >= 15 is 0 Å². The quantitative estimate of drug-likeness (QED) is 0.295. The molecular weight excluding hydrogens is 308 g/mol. The van der Waals surface area contributed by atoms with Gasteiger partial charge in [-0.25, -0.2) is 0 Å². The Bertz CT molecular complexity index is 192. The van der Waals surface area contributed by atoms with Crippen LogP contribution in [0.25, 0.3) is 0 Å². The number of ether oxygens (including phenoxy) is 5. The zero-order valence-electron chi connectivity index (χ0n) is 16.1. The van der Waals surface area contributed by atoms with Crippen LogP contribution >= 0.6 is 0 Å². The zero-order valence-corrected chi connectivity index (χ0v) is 16.1. The summed E-state index contributed by atoms with van der Waals surface area (Å²) in [6, 6.07) is 0. The lowest BCUT2D eigenvalue weighted by molar-refractivity contribution is -0.0114. The van der Waals surface area contributed by atoms with E-state index in [9.17, 15) is 0 Å². The van der Waals surface area contributed by atoms with Crippen molar-refractivity contribution in [3.63, 3.8) is 0 Å². The smallest absolute Gasteiger partial charge is 0.0701 e. The molecule has 0 aromatic rings. The Kier molecular flexibility index (Phi) is 22.6. The molecule has 0 aliphatic rings. The van der Waals surface area contributed by atoms with Gasteiger partial charge in [0.15, 0.2) is 0 Å². The van der Waals surface area contributed by atoms with Crippen LogP contribution in [0.2, 0.25) is 0 Å². The number of unbranched alkanes of at least 4 members (excludes halogenated alkanes) is 5. The SMILES string of the molecule is CCCCCCOCCOCCOCCOCCOCCCCC. The highest BCUT2D eigenvalue weighted by Crippen LogP contribution is 1.98. The van der Waals surface area contributed by atoms with E-state index in [1.54, 1.807) is 0 Å². The molecule has 146 valence electrons. The fourth-order valence-corrected chi connectivity index (χ4v) is 2.07. The Morgan fingerprint density at radius 3 is 1.00 bits per heavy atom. The molecule has 0 amide bonds. The van der Waals surface area contributed by atoms with Crippen LogP contribution in [-0.4, -0.2) is 66.1 Å². The maximum atomic E-state index is 5.50. The summed E-state index contributed by atoms with van der Waals surface area (Å²) in [6.07, 6.45) is 8.59. The average Bonchev–Trinajstić information content (AvgIpc) is 2.60. The molecule has 0 aliphatic heterocycles. The van der Waals surface area contributed by atoms with Crippen molar-refractivity contribution < 1.29 is 23.7 Å². The Balaban J connectivity index is 2.93. The first kappa shape index (κ1) is 23.8. The predicted molar refractivity (Wildman–Crippen MR) is 97.8 cm³/mol. The van der Waals surface area contributed by atoms with Crippen molar-refractivity contribution in [3.8, 4) is 0 Å². The summed E-state index contributed by atoms with van der Waals surface area (Å²) in [5.74, 6) is 0. The van der Waals surface area contributed by atoms with E-state index < -0.39 is 0 Å². The number of rotatable bonds is 21. The Hall–Kier alpha value is -0.200. The lowest BCUT2D eigenvalue weighted by Gasteiger charge is -2.08. The molecule has 0 saturated carbocycles. The van der Waals surface area contributed by atoms with Gasteiger partial charge in [-0.1, -0.05) is 46.0 Å². The Labute approximate surface area is 149 Å². The third-order valence-electron chi connectivity index (χ3n) is 3.52. The van der Waals surface area contributed by atoms with Crippen LogP contribution < -0.4 is 0 Å². The topological polar surface area (TPSA) is 46.2 Å². The first-order valence-electron chi connectivity index (χ1n) is 9.80. The molecule has 0 atom stereocenters. The Morgan fingerprint density at radius 2 is 0.625 bits per heavy atom. The molecule has 0 N–H and O–H groups in total. The average molecular weight is 349 g/mol. The summed E-state index contributed by atoms with van der Waals surface area (Å²) < 4.78 is 27.3. The van der Waals surface area contributed by atoms with E-state index in [1.807, 2.05) is 0 Å². The van der Waals surface area contributed by atoms with Gasteiger partial charge in [0.25, 0.3) is 0 Å². The van der Waals surface area contributed by atoms with Crippen molar-refractivity contribution in [2.24, 2.45) is 0 Å². The molecule has 0 aliphatic carbocycles.